The van der Waals surface area contributed by atoms with Gasteiger partial charge in [-0.1, -0.05) is 231 Å². The molecule has 0 bridgehead atoms. The van der Waals surface area contributed by atoms with E-state index in [-0.39, 0.29) is 5.82 Å². The van der Waals surface area contributed by atoms with Crippen LogP contribution in [0.3, 0.4) is 0 Å². The van der Waals surface area contributed by atoms with Gasteiger partial charge in [0.05, 0.1) is 16.8 Å². The normalized spacial score (nSPS) is 15.3. The molecule has 3 aliphatic carbocycles. The number of pyridine rings is 1. The third-order valence-electron chi connectivity index (χ3n) is 17.5. The zero-order valence-electron chi connectivity index (χ0n) is 45.3. The number of fused-ring (bicyclic) bond motifs is 12. The van der Waals surface area contributed by atoms with Crippen molar-refractivity contribution in [3.63, 3.8) is 0 Å². The minimum Gasteiger partial charge on any atom is -0.307 e. The largest absolute Gasteiger partial charge is 0.307 e. The fourth-order valence-corrected chi connectivity index (χ4v) is 14.0. The van der Waals surface area contributed by atoms with Crippen molar-refractivity contribution in [1.29, 1.82) is 0 Å². The number of aromatic nitrogens is 1. The van der Waals surface area contributed by atoms with Crippen LogP contribution in [0.15, 0.2) is 298 Å². The van der Waals surface area contributed by atoms with Gasteiger partial charge < -0.3 is 4.90 Å². The monoisotopic (exact) mass is 1060 g/mol. The molecule has 3 nitrogen and oxygen atoms in total. The first-order valence-electron chi connectivity index (χ1n) is 28.5. The van der Waals surface area contributed by atoms with Gasteiger partial charge in [0.25, 0.3) is 0 Å². The fourth-order valence-electron chi connectivity index (χ4n) is 14.0. The molecule has 390 valence electrons. The minimum absolute atomic E-state index is 0.301. The van der Waals surface area contributed by atoms with E-state index >= 15 is 4.39 Å². The van der Waals surface area contributed by atoms with Gasteiger partial charge in [-0.25, -0.2) is 9.37 Å². The first-order chi connectivity index (χ1) is 41.0. The van der Waals surface area contributed by atoms with E-state index in [2.05, 4.69) is 277 Å². The van der Waals surface area contributed by atoms with Crippen molar-refractivity contribution >= 4 is 72.1 Å². The molecular formula is C79H52FN3. The summed E-state index contributed by atoms with van der Waals surface area (Å²) < 4.78 is 16.9. The Balaban J connectivity index is 0.874. The van der Waals surface area contributed by atoms with Gasteiger partial charge in [0.2, 0.25) is 0 Å². The SMILES string of the molecule is C=C1/C=C\C=C/CC2(c3ccccc31)c1ccccc1-c1c(N(c3ccc(-c4c5c(c(-c6ccc(N(c7ccccc7)c7cc8ccccc8cn7)cc6)c6ccccc46)-c4cccc6cccc-5c46)cc3)c3ccccc3F)cccc12. The third kappa shape index (κ3) is 7.46. The highest BCUT2D eigenvalue weighted by molar-refractivity contribution is 6.27. The Morgan fingerprint density at radius 2 is 0.916 bits per heavy atom. The van der Waals surface area contributed by atoms with Crippen LogP contribution in [0.25, 0.3) is 93.5 Å². The maximum Gasteiger partial charge on any atom is 0.147 e. The van der Waals surface area contributed by atoms with Crippen LogP contribution in [0.1, 0.15) is 28.7 Å². The summed E-state index contributed by atoms with van der Waals surface area (Å²) in [5.41, 5.74) is 21.1. The van der Waals surface area contributed by atoms with Crippen LogP contribution in [-0.2, 0) is 5.41 Å². The summed E-state index contributed by atoms with van der Waals surface area (Å²) >= 11 is 0. The molecule has 83 heavy (non-hydrogen) atoms. The minimum atomic E-state index is -0.539. The molecule has 1 heterocycles. The molecule has 1 aromatic heterocycles. The molecule has 0 N–H and O–H groups in total. The lowest BCUT2D eigenvalue weighted by Crippen LogP contribution is -2.27. The van der Waals surface area contributed by atoms with E-state index < -0.39 is 5.41 Å². The van der Waals surface area contributed by atoms with E-state index in [1.54, 1.807) is 12.1 Å². The molecule has 1 spiro atoms. The van der Waals surface area contributed by atoms with Crippen molar-refractivity contribution in [1.82, 2.24) is 4.98 Å². The van der Waals surface area contributed by atoms with Gasteiger partial charge in [-0.3, -0.25) is 4.90 Å². The molecule has 13 aromatic rings. The van der Waals surface area contributed by atoms with Crippen LogP contribution in [-0.4, -0.2) is 4.98 Å². The van der Waals surface area contributed by atoms with Crippen molar-refractivity contribution in [2.45, 2.75) is 11.8 Å². The Hall–Kier alpha value is -10.7. The van der Waals surface area contributed by atoms with Crippen molar-refractivity contribution in [3.05, 3.63) is 326 Å². The molecule has 0 fully saturated rings. The molecule has 0 aliphatic heterocycles. The highest BCUT2D eigenvalue weighted by Gasteiger charge is 2.46. The number of hydrogen-bond donors (Lipinski definition) is 0. The molecule has 1 atom stereocenters. The molecule has 0 amide bonds. The molecule has 16 rings (SSSR count). The van der Waals surface area contributed by atoms with Crippen molar-refractivity contribution in [2.24, 2.45) is 0 Å². The first kappa shape index (κ1) is 48.2. The first-order valence-corrected chi connectivity index (χ1v) is 28.5. The Labute approximate surface area is 482 Å². The fraction of sp³-hybridized carbons (Fsp3) is 0.0253. The van der Waals surface area contributed by atoms with Gasteiger partial charge in [-0.15, -0.1) is 0 Å². The maximum atomic E-state index is 16.9. The van der Waals surface area contributed by atoms with Gasteiger partial charge in [-0.05, 0) is 172 Å². The molecule has 0 radical (unpaired) electrons. The third-order valence-corrected chi connectivity index (χ3v) is 17.5. The van der Waals surface area contributed by atoms with Crippen molar-refractivity contribution in [2.75, 3.05) is 9.80 Å². The van der Waals surface area contributed by atoms with Crippen LogP contribution in [0.2, 0.25) is 0 Å². The van der Waals surface area contributed by atoms with E-state index in [0.29, 0.717) is 5.69 Å². The van der Waals surface area contributed by atoms with Crippen molar-refractivity contribution in [3.8, 4) is 55.6 Å². The van der Waals surface area contributed by atoms with Gasteiger partial charge in [-0.2, -0.15) is 0 Å². The molecular weight excluding hydrogens is 1010 g/mol. The summed E-state index contributed by atoms with van der Waals surface area (Å²) in [6.45, 7) is 4.56. The average Bonchev–Trinajstić information content (AvgIpc) is 1.72. The summed E-state index contributed by atoms with van der Waals surface area (Å²) in [7, 11) is 0. The number of halogens is 1. The summed E-state index contributed by atoms with van der Waals surface area (Å²) in [6.07, 6.45) is 11.3. The second-order valence-corrected chi connectivity index (χ2v) is 21.9. The summed E-state index contributed by atoms with van der Waals surface area (Å²) in [5, 5.41) is 7.03. The van der Waals surface area contributed by atoms with E-state index in [9.17, 15) is 0 Å². The predicted molar refractivity (Wildman–Crippen MR) is 345 cm³/mol. The van der Waals surface area contributed by atoms with Crippen LogP contribution in [0.4, 0.5) is 38.6 Å². The Morgan fingerprint density at radius 1 is 0.398 bits per heavy atom. The average molecular weight is 1060 g/mol. The quantitative estimate of drug-likeness (QED) is 0.151. The van der Waals surface area contributed by atoms with Gasteiger partial charge >= 0.3 is 0 Å². The van der Waals surface area contributed by atoms with Crippen LogP contribution < -0.4 is 9.80 Å². The molecule has 4 heteroatoms. The second-order valence-electron chi connectivity index (χ2n) is 21.9. The van der Waals surface area contributed by atoms with Crippen molar-refractivity contribution < 1.29 is 4.39 Å². The predicted octanol–water partition coefficient (Wildman–Crippen LogP) is 21.4. The molecule has 0 saturated heterocycles. The Bertz CT molecular complexity index is 4860. The van der Waals surface area contributed by atoms with E-state index in [4.69, 9.17) is 4.98 Å². The number of para-hydroxylation sites is 2. The van der Waals surface area contributed by atoms with E-state index in [1.165, 1.54) is 66.2 Å². The topological polar surface area (TPSA) is 19.4 Å². The van der Waals surface area contributed by atoms with E-state index in [0.717, 1.165) is 84.5 Å². The Kier molecular flexibility index (Phi) is 11.2. The highest BCUT2D eigenvalue weighted by atomic mass is 19.1. The number of anilines is 6. The van der Waals surface area contributed by atoms with Gasteiger partial charge in [0.15, 0.2) is 0 Å². The number of hydrogen-bond acceptors (Lipinski definition) is 3. The number of nitrogens with zero attached hydrogens (tertiary/aromatic N) is 3. The second kappa shape index (κ2) is 19.3. The van der Waals surface area contributed by atoms with E-state index in [1.807, 2.05) is 18.3 Å². The number of rotatable bonds is 8. The number of benzene rings is 12. The molecule has 3 aliphatic rings. The lowest BCUT2D eigenvalue weighted by atomic mass is 9.68. The maximum absolute atomic E-state index is 16.9. The standard InChI is InChI=1S/C79H52FN3/c1-51-21-4-3-17-48-79(66-34-13-11-28-60(51)66)67-35-14-12-31-63(67)76-68(79)36-20-39-71(76)83(70-38-16-15-37-69(70)80)59-46-42-54(43-47-59)75-62-30-10-9-29-61(62)74(77-64-32-18-24-52-25-19-33-65(73(52)64)78(75)77)53-40-44-58(45-41-53)82(57-26-5-2-6-27-57)72-49-55-22-7-8-23-56(55)50-81-72/h2-47,49-50H,1,48H2/b17-3-,21-4-. The van der Waals surface area contributed by atoms with Crippen LogP contribution in [0.5, 0.6) is 0 Å². The molecule has 12 aromatic carbocycles. The number of allylic oxidation sites excluding steroid dienone is 5. The zero-order chi connectivity index (χ0) is 55.2. The smallest absolute Gasteiger partial charge is 0.147 e. The zero-order valence-corrected chi connectivity index (χ0v) is 45.3. The summed E-state index contributed by atoms with van der Waals surface area (Å²) in [4.78, 5) is 9.39. The Morgan fingerprint density at radius 3 is 1.61 bits per heavy atom. The van der Waals surface area contributed by atoms with Gasteiger partial charge in [0, 0.05) is 34.2 Å². The summed E-state index contributed by atoms with van der Waals surface area (Å²) in [5.74, 6) is 0.550. The van der Waals surface area contributed by atoms with Crippen LogP contribution in [0, 0.1) is 5.82 Å². The van der Waals surface area contributed by atoms with Gasteiger partial charge in [0.1, 0.15) is 11.6 Å². The summed E-state index contributed by atoms with van der Waals surface area (Å²) in [6, 6.07) is 92.6. The highest BCUT2D eigenvalue weighted by Crippen LogP contribution is 2.61. The van der Waals surface area contributed by atoms with Crippen LogP contribution >= 0.6 is 0 Å². The lowest BCUT2D eigenvalue weighted by molar-refractivity contribution is 0.628. The molecule has 1 unspecified atom stereocenters. The lowest BCUT2D eigenvalue weighted by Gasteiger charge is -2.34. The molecule has 0 saturated carbocycles.